The normalized spacial score (nSPS) is 11.6. The lowest BCUT2D eigenvalue weighted by molar-refractivity contribution is -0.171. The summed E-state index contributed by atoms with van der Waals surface area (Å²) in [6.45, 7) is 7.10. The molecular formula is C17H25NO5. The number of rotatable bonds is 9. The maximum Gasteiger partial charge on any atom is 0.324 e. The number of oxime groups is 1. The van der Waals surface area contributed by atoms with Crippen LogP contribution in [0, 0.1) is 17.3 Å². The monoisotopic (exact) mass is 323 g/mol. The molecule has 0 aromatic carbocycles. The Hall–Kier alpha value is -2.29. The maximum atomic E-state index is 12.4. The zero-order valence-corrected chi connectivity index (χ0v) is 14.5. The van der Waals surface area contributed by atoms with Crippen LogP contribution in [0.1, 0.15) is 40.5 Å². The van der Waals surface area contributed by atoms with E-state index in [0.29, 0.717) is 5.71 Å². The lowest BCUT2D eigenvalue weighted by Gasteiger charge is -2.26. The van der Waals surface area contributed by atoms with Gasteiger partial charge in [0.2, 0.25) is 0 Å². The van der Waals surface area contributed by atoms with Crippen LogP contribution in [0.2, 0.25) is 0 Å². The Labute approximate surface area is 137 Å². The summed E-state index contributed by atoms with van der Waals surface area (Å²) in [6.07, 6.45) is 3.47. The van der Waals surface area contributed by atoms with Gasteiger partial charge in [-0.3, -0.25) is 9.59 Å². The second-order valence-electron chi connectivity index (χ2n) is 4.65. The van der Waals surface area contributed by atoms with Crippen LogP contribution in [-0.2, 0) is 23.9 Å². The number of esters is 2. The Morgan fingerprint density at radius 3 is 2.17 bits per heavy atom. The molecule has 0 N–H and O–H groups in total. The van der Waals surface area contributed by atoms with Crippen molar-refractivity contribution in [2.75, 3.05) is 20.3 Å². The number of carbonyl (C=O) groups excluding carboxylic acids is 2. The van der Waals surface area contributed by atoms with Gasteiger partial charge in [-0.25, -0.2) is 0 Å². The highest BCUT2D eigenvalue weighted by atomic mass is 16.6. The van der Waals surface area contributed by atoms with E-state index in [4.69, 9.17) is 9.47 Å². The summed E-state index contributed by atoms with van der Waals surface area (Å²) in [6, 6.07) is 0. The SMILES string of the molecule is CC#CCC(C/C=C/C(C)=N/OC)(C(=O)OCC)C(=O)OCC. The zero-order valence-electron chi connectivity index (χ0n) is 14.5. The van der Waals surface area contributed by atoms with Gasteiger partial charge in [-0.15, -0.1) is 11.8 Å². The molecular weight excluding hydrogens is 298 g/mol. The molecule has 0 rings (SSSR count). The summed E-state index contributed by atoms with van der Waals surface area (Å²) in [5, 5.41) is 3.74. The van der Waals surface area contributed by atoms with Crippen molar-refractivity contribution in [3.8, 4) is 11.8 Å². The molecule has 23 heavy (non-hydrogen) atoms. The Balaban J connectivity index is 5.58. The molecule has 0 bridgehead atoms. The van der Waals surface area contributed by atoms with E-state index in [9.17, 15) is 9.59 Å². The van der Waals surface area contributed by atoms with Crippen molar-refractivity contribution < 1.29 is 23.9 Å². The van der Waals surface area contributed by atoms with Crippen LogP contribution in [0.5, 0.6) is 0 Å². The molecule has 0 aliphatic rings. The molecule has 0 fully saturated rings. The van der Waals surface area contributed by atoms with Crippen LogP contribution in [0.3, 0.4) is 0 Å². The quantitative estimate of drug-likeness (QED) is 0.214. The van der Waals surface area contributed by atoms with Gasteiger partial charge >= 0.3 is 11.9 Å². The molecule has 0 spiro atoms. The molecule has 128 valence electrons. The minimum atomic E-state index is -1.47. The van der Waals surface area contributed by atoms with E-state index in [0.717, 1.165) is 0 Å². The Kier molecular flexibility index (Phi) is 10.2. The summed E-state index contributed by atoms with van der Waals surface area (Å²) < 4.78 is 10.2. The van der Waals surface area contributed by atoms with Gasteiger partial charge in [0.15, 0.2) is 5.41 Å². The van der Waals surface area contributed by atoms with Gasteiger partial charge in [0, 0.05) is 6.42 Å². The molecule has 0 aliphatic carbocycles. The number of ether oxygens (including phenoxy) is 2. The molecule has 0 heterocycles. The van der Waals surface area contributed by atoms with Crippen molar-refractivity contribution in [1.29, 1.82) is 0 Å². The minimum Gasteiger partial charge on any atom is -0.465 e. The molecule has 6 nitrogen and oxygen atoms in total. The Bertz CT molecular complexity index is 493. The third-order valence-electron chi connectivity index (χ3n) is 2.96. The predicted octanol–water partition coefficient (Wildman–Crippen LogP) is 2.48. The highest BCUT2D eigenvalue weighted by molar-refractivity contribution is 6.01. The average molecular weight is 323 g/mol. The van der Waals surface area contributed by atoms with Crippen LogP contribution >= 0.6 is 0 Å². The average Bonchev–Trinajstić information content (AvgIpc) is 2.51. The Morgan fingerprint density at radius 2 is 1.74 bits per heavy atom. The lowest BCUT2D eigenvalue weighted by atomic mass is 9.81. The first-order valence-electron chi connectivity index (χ1n) is 7.46. The smallest absolute Gasteiger partial charge is 0.324 e. The van der Waals surface area contributed by atoms with E-state index in [1.807, 2.05) is 0 Å². The zero-order chi connectivity index (χ0) is 17.7. The number of hydrogen-bond donors (Lipinski definition) is 0. The van der Waals surface area contributed by atoms with Crippen molar-refractivity contribution >= 4 is 17.7 Å². The second kappa shape index (κ2) is 11.3. The van der Waals surface area contributed by atoms with E-state index in [-0.39, 0.29) is 26.1 Å². The van der Waals surface area contributed by atoms with Gasteiger partial charge < -0.3 is 14.3 Å². The van der Waals surface area contributed by atoms with Gasteiger partial charge in [-0.05, 0) is 40.2 Å². The standard InChI is InChI=1S/C17H25NO5/c1-6-9-12-17(15(19)22-7-2,16(20)23-8-3)13-10-11-14(4)18-21-5/h10-11H,7-8,12-13H2,1-5H3/b11-10+,18-14+. The van der Waals surface area contributed by atoms with E-state index < -0.39 is 17.4 Å². The van der Waals surface area contributed by atoms with E-state index in [1.54, 1.807) is 39.8 Å². The van der Waals surface area contributed by atoms with Gasteiger partial charge in [-0.2, -0.15) is 0 Å². The van der Waals surface area contributed by atoms with Crippen molar-refractivity contribution in [2.45, 2.75) is 40.5 Å². The molecule has 0 aromatic heterocycles. The summed E-state index contributed by atoms with van der Waals surface area (Å²) in [5.41, 5.74) is -0.866. The van der Waals surface area contributed by atoms with Gasteiger partial charge in [0.05, 0.1) is 18.9 Å². The third-order valence-corrected chi connectivity index (χ3v) is 2.96. The van der Waals surface area contributed by atoms with E-state index in [2.05, 4.69) is 21.8 Å². The molecule has 0 atom stereocenters. The highest BCUT2D eigenvalue weighted by Crippen LogP contribution is 2.31. The first-order chi connectivity index (χ1) is 11.0. The van der Waals surface area contributed by atoms with Gasteiger partial charge in [-0.1, -0.05) is 11.2 Å². The lowest BCUT2D eigenvalue weighted by Crippen LogP contribution is -2.41. The molecule has 6 heteroatoms. The fraction of sp³-hybridized carbons (Fsp3) is 0.588. The van der Waals surface area contributed by atoms with E-state index in [1.165, 1.54) is 7.11 Å². The molecule has 0 radical (unpaired) electrons. The van der Waals surface area contributed by atoms with Crippen LogP contribution in [0.4, 0.5) is 0 Å². The van der Waals surface area contributed by atoms with E-state index >= 15 is 0 Å². The molecule has 0 amide bonds. The topological polar surface area (TPSA) is 74.2 Å². The molecule has 0 aromatic rings. The van der Waals surface area contributed by atoms with Crippen molar-refractivity contribution in [3.05, 3.63) is 12.2 Å². The summed E-state index contributed by atoms with van der Waals surface area (Å²) >= 11 is 0. The minimum absolute atomic E-state index is 0.0337. The molecule has 0 aliphatic heterocycles. The van der Waals surface area contributed by atoms with Gasteiger partial charge in [0.1, 0.15) is 7.11 Å². The van der Waals surface area contributed by atoms with Crippen LogP contribution in [0.25, 0.3) is 0 Å². The maximum absolute atomic E-state index is 12.4. The third kappa shape index (κ3) is 6.55. The Morgan fingerprint density at radius 1 is 1.17 bits per heavy atom. The van der Waals surface area contributed by atoms with Crippen molar-refractivity contribution in [1.82, 2.24) is 0 Å². The van der Waals surface area contributed by atoms with Crippen LogP contribution in [-0.4, -0.2) is 38.0 Å². The molecule has 0 saturated heterocycles. The number of carbonyl (C=O) groups is 2. The van der Waals surface area contributed by atoms with Crippen LogP contribution in [0.15, 0.2) is 17.3 Å². The first kappa shape index (κ1) is 20.7. The summed E-state index contributed by atoms with van der Waals surface area (Å²) in [7, 11) is 1.44. The molecule has 0 unspecified atom stereocenters. The number of nitrogens with zero attached hydrogens (tertiary/aromatic N) is 1. The largest absolute Gasteiger partial charge is 0.465 e. The first-order valence-corrected chi connectivity index (χ1v) is 7.46. The van der Waals surface area contributed by atoms with Crippen molar-refractivity contribution in [3.63, 3.8) is 0 Å². The van der Waals surface area contributed by atoms with Gasteiger partial charge in [0.25, 0.3) is 0 Å². The highest BCUT2D eigenvalue weighted by Gasteiger charge is 2.47. The predicted molar refractivity (Wildman–Crippen MR) is 87.6 cm³/mol. The summed E-state index contributed by atoms with van der Waals surface area (Å²) in [4.78, 5) is 29.5. The molecule has 0 saturated carbocycles. The second-order valence-corrected chi connectivity index (χ2v) is 4.65. The van der Waals surface area contributed by atoms with Crippen LogP contribution < -0.4 is 0 Å². The van der Waals surface area contributed by atoms with Crippen molar-refractivity contribution in [2.24, 2.45) is 10.6 Å². The number of hydrogen-bond acceptors (Lipinski definition) is 6. The number of allylic oxidation sites excluding steroid dienone is 2. The fourth-order valence-corrected chi connectivity index (χ4v) is 1.85. The summed E-state index contributed by atoms with van der Waals surface area (Å²) in [5.74, 6) is 4.23. The fourth-order valence-electron chi connectivity index (χ4n) is 1.85.